The van der Waals surface area contributed by atoms with Gasteiger partial charge in [0, 0.05) is 24.7 Å². The van der Waals surface area contributed by atoms with Crippen LogP contribution in [0, 0.1) is 21.7 Å². The van der Waals surface area contributed by atoms with Crippen LogP contribution in [0.5, 0.6) is 0 Å². The number of hydrogen-bond donors (Lipinski definition) is 1. The molecule has 1 unspecified atom stereocenters. The number of aliphatic imine (C=N–C) groups is 1. The van der Waals surface area contributed by atoms with E-state index in [9.17, 15) is 27.3 Å². The van der Waals surface area contributed by atoms with Crippen LogP contribution in [0.3, 0.4) is 0 Å². The summed E-state index contributed by atoms with van der Waals surface area (Å²) in [5, 5.41) is 10.8. The Labute approximate surface area is 154 Å². The van der Waals surface area contributed by atoms with Gasteiger partial charge in [0.25, 0.3) is 5.69 Å². The molecular formula is C17H17F2N3O4S. The van der Waals surface area contributed by atoms with E-state index in [2.05, 4.69) is 4.99 Å². The van der Waals surface area contributed by atoms with Gasteiger partial charge in [0.05, 0.1) is 22.3 Å². The van der Waals surface area contributed by atoms with E-state index >= 15 is 0 Å². The summed E-state index contributed by atoms with van der Waals surface area (Å²) in [6.45, 7) is 0. The molecule has 0 fully saturated rings. The highest BCUT2D eigenvalue weighted by atomic mass is 32.2. The smallest absolute Gasteiger partial charge is 0.269 e. The Bertz CT molecular complexity index is 976. The lowest BCUT2D eigenvalue weighted by Gasteiger charge is -2.17. The van der Waals surface area contributed by atoms with Gasteiger partial charge in [-0.15, -0.1) is 0 Å². The van der Waals surface area contributed by atoms with Crippen LogP contribution in [0.4, 0.5) is 14.5 Å². The molecule has 2 aromatic rings. The predicted molar refractivity (Wildman–Crippen MR) is 97.2 cm³/mol. The Hall–Kier alpha value is -2.88. The van der Waals surface area contributed by atoms with Gasteiger partial charge in [-0.05, 0) is 23.8 Å². The van der Waals surface area contributed by atoms with Gasteiger partial charge in [0.15, 0.2) is 9.84 Å². The minimum Gasteiger partial charge on any atom is -0.387 e. The van der Waals surface area contributed by atoms with Crippen LogP contribution in [-0.2, 0) is 15.6 Å². The van der Waals surface area contributed by atoms with E-state index in [1.54, 1.807) is 0 Å². The molecule has 0 bridgehead atoms. The highest BCUT2D eigenvalue weighted by molar-refractivity contribution is 7.90. The molecule has 1 atom stereocenters. The first-order valence-corrected chi connectivity index (χ1v) is 9.56. The average molecular weight is 397 g/mol. The summed E-state index contributed by atoms with van der Waals surface area (Å²) in [6.07, 6.45) is 0. The molecular weight excluding hydrogens is 380 g/mol. The van der Waals surface area contributed by atoms with Gasteiger partial charge >= 0.3 is 0 Å². The second-order valence-corrected chi connectivity index (χ2v) is 7.95. The Morgan fingerprint density at radius 3 is 2.41 bits per heavy atom. The fraction of sp³-hybridized carbons (Fsp3) is 0.235. The molecule has 2 aromatic carbocycles. The molecule has 0 heterocycles. The summed E-state index contributed by atoms with van der Waals surface area (Å²) in [7, 11) is -2.54. The molecule has 2 rings (SSSR count). The Morgan fingerprint density at radius 2 is 1.85 bits per heavy atom. The summed E-state index contributed by atoms with van der Waals surface area (Å²) in [4.78, 5) is 13.9. The third-order valence-electron chi connectivity index (χ3n) is 3.92. The Balaban J connectivity index is 2.33. The lowest BCUT2D eigenvalue weighted by Crippen LogP contribution is -2.29. The number of halogens is 2. The zero-order chi connectivity index (χ0) is 20.2. The number of hydrogen-bond acceptors (Lipinski definition) is 5. The Morgan fingerprint density at radius 1 is 1.22 bits per heavy atom. The van der Waals surface area contributed by atoms with Crippen molar-refractivity contribution in [2.45, 2.75) is 11.7 Å². The van der Waals surface area contributed by atoms with E-state index in [4.69, 9.17) is 5.73 Å². The molecule has 0 amide bonds. The van der Waals surface area contributed by atoms with Gasteiger partial charge in [-0.25, -0.2) is 17.2 Å². The lowest BCUT2D eigenvalue weighted by atomic mass is 10.00. The standard InChI is InChI=1S/C17H17F2N3O4S/c1-21-17(20)15(11-2-4-13(18)5-3-11)10-27(25,26)9-12-8-14(22(23)24)6-7-16(12)19/h2-8,15H,9-10H2,1H3,(H2,20,21). The maximum atomic E-state index is 13.9. The minimum atomic E-state index is -3.93. The summed E-state index contributed by atoms with van der Waals surface area (Å²) < 4.78 is 52.2. The quantitative estimate of drug-likeness (QED) is 0.334. The number of nitrogens with zero attached hydrogens (tertiary/aromatic N) is 2. The maximum Gasteiger partial charge on any atom is 0.269 e. The summed E-state index contributed by atoms with van der Waals surface area (Å²) in [6, 6.07) is 7.80. The van der Waals surface area contributed by atoms with Crippen molar-refractivity contribution in [3.05, 3.63) is 75.3 Å². The first kappa shape index (κ1) is 20.4. The van der Waals surface area contributed by atoms with Crippen LogP contribution in [-0.4, -0.2) is 32.0 Å². The Kier molecular flexibility index (Phi) is 6.21. The molecule has 0 aromatic heterocycles. The SMILES string of the molecule is CN=C(N)C(CS(=O)(=O)Cc1cc([N+](=O)[O-])ccc1F)c1ccc(F)cc1. The van der Waals surface area contributed by atoms with Gasteiger partial charge in [-0.3, -0.25) is 15.1 Å². The average Bonchev–Trinajstić information content (AvgIpc) is 2.61. The van der Waals surface area contributed by atoms with Crippen LogP contribution < -0.4 is 5.73 Å². The highest BCUT2D eigenvalue weighted by Crippen LogP contribution is 2.23. The zero-order valence-corrected chi connectivity index (χ0v) is 15.1. The van der Waals surface area contributed by atoms with Crippen molar-refractivity contribution in [2.75, 3.05) is 12.8 Å². The molecule has 0 aliphatic carbocycles. The number of nitro groups is 1. The molecule has 10 heteroatoms. The van der Waals surface area contributed by atoms with Crippen LogP contribution in [0.15, 0.2) is 47.5 Å². The second kappa shape index (κ2) is 8.21. The van der Waals surface area contributed by atoms with Gasteiger partial charge in [-0.2, -0.15) is 0 Å². The summed E-state index contributed by atoms with van der Waals surface area (Å²) in [5.41, 5.74) is 5.52. The van der Waals surface area contributed by atoms with Crippen LogP contribution in [0.25, 0.3) is 0 Å². The second-order valence-electron chi connectivity index (χ2n) is 5.84. The molecule has 0 saturated carbocycles. The molecule has 0 aliphatic rings. The third-order valence-corrected chi connectivity index (χ3v) is 5.52. The molecule has 27 heavy (non-hydrogen) atoms. The van der Waals surface area contributed by atoms with E-state index in [0.29, 0.717) is 5.56 Å². The molecule has 7 nitrogen and oxygen atoms in total. The number of nitrogens with two attached hydrogens (primary N) is 1. The monoisotopic (exact) mass is 397 g/mol. The number of sulfone groups is 1. The number of benzene rings is 2. The first-order chi connectivity index (χ1) is 12.6. The number of amidine groups is 1. The van der Waals surface area contributed by atoms with Crippen molar-refractivity contribution in [3.63, 3.8) is 0 Å². The van der Waals surface area contributed by atoms with Gasteiger partial charge in [0.2, 0.25) is 0 Å². The molecule has 2 N–H and O–H groups in total. The number of rotatable bonds is 7. The van der Waals surface area contributed by atoms with Crippen molar-refractivity contribution in [2.24, 2.45) is 10.7 Å². The van der Waals surface area contributed by atoms with Crippen molar-refractivity contribution in [1.29, 1.82) is 0 Å². The van der Waals surface area contributed by atoms with E-state index in [-0.39, 0.29) is 11.4 Å². The largest absolute Gasteiger partial charge is 0.387 e. The number of nitro benzene ring substituents is 1. The van der Waals surface area contributed by atoms with Crippen molar-refractivity contribution < 1.29 is 22.1 Å². The first-order valence-electron chi connectivity index (χ1n) is 7.74. The van der Waals surface area contributed by atoms with Crippen LogP contribution in [0.2, 0.25) is 0 Å². The fourth-order valence-corrected chi connectivity index (χ4v) is 4.22. The van der Waals surface area contributed by atoms with E-state index in [1.165, 1.54) is 19.2 Å². The number of non-ortho nitro benzene ring substituents is 1. The molecule has 144 valence electrons. The zero-order valence-electron chi connectivity index (χ0n) is 14.3. The fourth-order valence-electron chi connectivity index (χ4n) is 2.54. The topological polar surface area (TPSA) is 116 Å². The van der Waals surface area contributed by atoms with Crippen molar-refractivity contribution in [3.8, 4) is 0 Å². The van der Waals surface area contributed by atoms with Gasteiger partial charge in [0.1, 0.15) is 17.5 Å². The third kappa shape index (κ3) is 5.30. The molecule has 0 aliphatic heterocycles. The van der Waals surface area contributed by atoms with E-state index in [1.807, 2.05) is 0 Å². The van der Waals surface area contributed by atoms with E-state index < -0.39 is 49.5 Å². The summed E-state index contributed by atoms with van der Waals surface area (Å²) in [5.74, 6) is -3.45. The summed E-state index contributed by atoms with van der Waals surface area (Å²) >= 11 is 0. The minimum absolute atomic E-state index is 0.0182. The van der Waals surface area contributed by atoms with Crippen LogP contribution >= 0.6 is 0 Å². The van der Waals surface area contributed by atoms with Gasteiger partial charge < -0.3 is 5.73 Å². The maximum absolute atomic E-state index is 13.9. The molecule has 0 saturated heterocycles. The molecule has 0 spiro atoms. The lowest BCUT2D eigenvalue weighted by molar-refractivity contribution is -0.385. The van der Waals surface area contributed by atoms with Crippen molar-refractivity contribution in [1.82, 2.24) is 0 Å². The highest BCUT2D eigenvalue weighted by Gasteiger charge is 2.26. The normalized spacial score (nSPS) is 13.4. The van der Waals surface area contributed by atoms with Crippen molar-refractivity contribution >= 4 is 21.4 Å². The predicted octanol–water partition coefficient (Wildman–Crippen LogP) is 2.56. The van der Waals surface area contributed by atoms with Crippen LogP contribution in [0.1, 0.15) is 17.0 Å². The molecule has 0 radical (unpaired) electrons. The van der Waals surface area contributed by atoms with Gasteiger partial charge in [-0.1, -0.05) is 12.1 Å². The van der Waals surface area contributed by atoms with E-state index in [0.717, 1.165) is 30.3 Å².